The Morgan fingerprint density at radius 1 is 1.36 bits per heavy atom. The average molecular weight is 365 g/mol. The number of hydrogen-bond donors (Lipinski definition) is 0. The lowest BCUT2D eigenvalue weighted by atomic mass is 9.82. The molecule has 1 amide bonds. The van der Waals surface area contributed by atoms with Gasteiger partial charge in [0, 0.05) is 24.3 Å². The Balaban J connectivity index is 1.26. The molecular weight excluding hydrogens is 336 g/mol. The van der Waals surface area contributed by atoms with Gasteiger partial charge < -0.3 is 14.4 Å². The summed E-state index contributed by atoms with van der Waals surface area (Å²) in [5.41, 5.74) is 0.858. The summed E-state index contributed by atoms with van der Waals surface area (Å²) in [4.78, 5) is 19.1. The first-order valence-electron chi connectivity index (χ1n) is 9.59. The topological polar surface area (TPSA) is 51.7 Å². The maximum atomic E-state index is 12.6. The Morgan fingerprint density at radius 2 is 2.16 bits per heavy atom. The molecule has 0 bridgehead atoms. The van der Waals surface area contributed by atoms with Gasteiger partial charge >= 0.3 is 0 Å². The zero-order valence-corrected chi connectivity index (χ0v) is 15.9. The molecule has 2 aliphatic heterocycles. The summed E-state index contributed by atoms with van der Waals surface area (Å²) in [5.74, 6) is 0.615. The van der Waals surface area contributed by atoms with E-state index >= 15 is 0 Å². The van der Waals surface area contributed by atoms with Crippen molar-refractivity contribution in [2.24, 2.45) is 5.92 Å². The van der Waals surface area contributed by atoms with Crippen molar-refractivity contribution < 1.29 is 14.3 Å². The summed E-state index contributed by atoms with van der Waals surface area (Å²) in [7, 11) is 0. The number of hydrogen-bond acceptors (Lipinski definition) is 5. The number of likely N-dealkylation sites (tertiary alicyclic amines) is 1. The largest absolute Gasteiger partial charge is 0.372 e. The van der Waals surface area contributed by atoms with Crippen molar-refractivity contribution in [2.45, 2.75) is 70.2 Å². The van der Waals surface area contributed by atoms with Crippen LogP contribution in [0.25, 0.3) is 0 Å². The number of ether oxygens (including phenoxy) is 2. The molecule has 1 aromatic heterocycles. The van der Waals surface area contributed by atoms with Crippen molar-refractivity contribution in [3.63, 3.8) is 0 Å². The molecular formula is C19H28N2O3S. The van der Waals surface area contributed by atoms with Crippen molar-refractivity contribution in [1.82, 2.24) is 9.88 Å². The van der Waals surface area contributed by atoms with Gasteiger partial charge in [-0.2, -0.15) is 0 Å². The highest BCUT2D eigenvalue weighted by atomic mass is 32.1. The van der Waals surface area contributed by atoms with E-state index in [1.54, 1.807) is 11.3 Å². The van der Waals surface area contributed by atoms with E-state index in [0.717, 1.165) is 56.1 Å². The van der Waals surface area contributed by atoms with Gasteiger partial charge in [0.05, 0.1) is 36.5 Å². The van der Waals surface area contributed by atoms with Gasteiger partial charge in [-0.25, -0.2) is 4.98 Å². The molecule has 1 aliphatic carbocycles. The lowest BCUT2D eigenvalue weighted by Gasteiger charge is -2.53. The number of thiazole rings is 1. The Bertz CT molecular complexity index is 606. The van der Waals surface area contributed by atoms with E-state index in [9.17, 15) is 4.79 Å². The number of carbonyl (C=O) groups excluding carboxylic acids is 1. The molecule has 4 rings (SSSR count). The molecule has 3 heterocycles. The van der Waals surface area contributed by atoms with Crippen molar-refractivity contribution >= 4 is 17.2 Å². The SMILES string of the molecule is Cc1nc(COC2CCOC3(C2)CN(C(=O)C2CCCCC2)C3)cs1. The minimum absolute atomic E-state index is 0.161. The molecule has 25 heavy (non-hydrogen) atoms. The highest BCUT2D eigenvalue weighted by Crippen LogP contribution is 2.37. The third-order valence-electron chi connectivity index (χ3n) is 5.81. The van der Waals surface area contributed by atoms with Crippen LogP contribution in [0, 0.1) is 12.8 Å². The molecule has 1 spiro atoms. The number of amides is 1. The Morgan fingerprint density at radius 3 is 2.88 bits per heavy atom. The predicted octanol–water partition coefficient (Wildman–Crippen LogP) is 3.31. The van der Waals surface area contributed by atoms with Crippen molar-refractivity contribution in [3.8, 4) is 0 Å². The van der Waals surface area contributed by atoms with Crippen molar-refractivity contribution in [1.29, 1.82) is 0 Å². The van der Waals surface area contributed by atoms with E-state index in [0.29, 0.717) is 12.5 Å². The van der Waals surface area contributed by atoms with Crippen LogP contribution in [0.15, 0.2) is 5.38 Å². The molecule has 3 aliphatic rings. The zero-order chi connectivity index (χ0) is 17.3. The molecule has 1 unspecified atom stereocenters. The van der Waals surface area contributed by atoms with Gasteiger partial charge in [-0.15, -0.1) is 11.3 Å². The van der Waals surface area contributed by atoms with E-state index in [4.69, 9.17) is 9.47 Å². The molecule has 1 aromatic rings. The van der Waals surface area contributed by atoms with Crippen LogP contribution in [0.4, 0.5) is 0 Å². The average Bonchev–Trinajstić information content (AvgIpc) is 3.03. The van der Waals surface area contributed by atoms with Crippen LogP contribution in [-0.4, -0.2) is 47.2 Å². The summed E-state index contributed by atoms with van der Waals surface area (Å²) in [5, 5.41) is 3.15. The second-order valence-electron chi connectivity index (χ2n) is 7.84. The molecule has 2 saturated heterocycles. The number of carbonyl (C=O) groups is 1. The maximum Gasteiger partial charge on any atom is 0.225 e. The fourth-order valence-electron chi connectivity index (χ4n) is 4.44. The van der Waals surface area contributed by atoms with E-state index in [-0.39, 0.29) is 17.6 Å². The van der Waals surface area contributed by atoms with Gasteiger partial charge in [-0.3, -0.25) is 4.79 Å². The lowest BCUT2D eigenvalue weighted by Crippen LogP contribution is -2.68. The van der Waals surface area contributed by atoms with Crippen LogP contribution >= 0.6 is 11.3 Å². The monoisotopic (exact) mass is 364 g/mol. The Labute approximate surface area is 153 Å². The van der Waals surface area contributed by atoms with Crippen molar-refractivity contribution in [2.75, 3.05) is 19.7 Å². The fraction of sp³-hybridized carbons (Fsp3) is 0.789. The third-order valence-corrected chi connectivity index (χ3v) is 6.63. The maximum absolute atomic E-state index is 12.6. The Hall–Kier alpha value is -0.980. The quantitative estimate of drug-likeness (QED) is 0.822. The van der Waals surface area contributed by atoms with Crippen LogP contribution < -0.4 is 0 Å². The van der Waals surface area contributed by atoms with Gasteiger partial charge in [0.25, 0.3) is 0 Å². The van der Waals surface area contributed by atoms with Crippen molar-refractivity contribution in [3.05, 3.63) is 16.1 Å². The summed E-state index contributed by atoms with van der Waals surface area (Å²) in [6, 6.07) is 0. The van der Waals surface area contributed by atoms with Crippen LogP contribution in [0.5, 0.6) is 0 Å². The third kappa shape index (κ3) is 3.91. The molecule has 138 valence electrons. The van der Waals surface area contributed by atoms with Crippen LogP contribution in [0.2, 0.25) is 0 Å². The van der Waals surface area contributed by atoms with E-state index in [1.807, 2.05) is 11.8 Å². The second kappa shape index (κ2) is 7.33. The van der Waals surface area contributed by atoms with E-state index in [2.05, 4.69) is 10.4 Å². The lowest BCUT2D eigenvalue weighted by molar-refractivity contribution is -0.204. The first-order chi connectivity index (χ1) is 12.1. The molecule has 0 aromatic carbocycles. The summed E-state index contributed by atoms with van der Waals surface area (Å²) < 4.78 is 12.2. The normalized spacial score (nSPS) is 26.6. The van der Waals surface area contributed by atoms with Gasteiger partial charge in [0.15, 0.2) is 0 Å². The van der Waals surface area contributed by atoms with Crippen LogP contribution in [0.1, 0.15) is 55.6 Å². The highest BCUT2D eigenvalue weighted by Gasteiger charge is 2.50. The van der Waals surface area contributed by atoms with E-state index < -0.39 is 0 Å². The molecule has 5 nitrogen and oxygen atoms in total. The first kappa shape index (κ1) is 17.4. The van der Waals surface area contributed by atoms with Crippen LogP contribution in [-0.2, 0) is 20.9 Å². The number of nitrogens with zero attached hydrogens (tertiary/aromatic N) is 2. The molecule has 0 N–H and O–H groups in total. The fourth-order valence-corrected chi connectivity index (χ4v) is 5.03. The number of rotatable bonds is 4. The molecule has 3 fully saturated rings. The Kier molecular flexibility index (Phi) is 5.11. The molecule has 6 heteroatoms. The summed E-state index contributed by atoms with van der Waals surface area (Å²) in [6.07, 6.45) is 7.88. The van der Waals surface area contributed by atoms with Gasteiger partial charge in [-0.05, 0) is 26.2 Å². The minimum Gasteiger partial charge on any atom is -0.372 e. The minimum atomic E-state index is -0.161. The number of aryl methyl sites for hydroxylation is 1. The van der Waals surface area contributed by atoms with E-state index in [1.165, 1.54) is 19.3 Å². The standard InChI is InChI=1S/C19H28N2O3S/c1-14-20-16(11-25-14)10-23-17-7-8-24-19(9-17)12-21(13-19)18(22)15-5-3-2-4-6-15/h11,15,17H,2-10,12-13H2,1H3. The first-order valence-corrected chi connectivity index (χ1v) is 10.5. The predicted molar refractivity (Wildman–Crippen MR) is 96.5 cm³/mol. The zero-order valence-electron chi connectivity index (χ0n) is 15.0. The highest BCUT2D eigenvalue weighted by molar-refractivity contribution is 7.09. The summed E-state index contributed by atoms with van der Waals surface area (Å²) in [6.45, 7) is 4.82. The van der Waals surface area contributed by atoms with Crippen LogP contribution in [0.3, 0.4) is 0 Å². The van der Waals surface area contributed by atoms with Gasteiger partial charge in [0.2, 0.25) is 5.91 Å². The summed E-state index contributed by atoms with van der Waals surface area (Å²) >= 11 is 1.66. The molecule has 1 saturated carbocycles. The smallest absolute Gasteiger partial charge is 0.225 e. The molecule has 1 atom stereocenters. The number of aromatic nitrogens is 1. The second-order valence-corrected chi connectivity index (χ2v) is 8.91. The van der Waals surface area contributed by atoms with Gasteiger partial charge in [-0.1, -0.05) is 19.3 Å². The molecule has 0 radical (unpaired) electrons. The van der Waals surface area contributed by atoms with Gasteiger partial charge in [0.1, 0.15) is 5.60 Å².